The third-order valence-electron chi connectivity index (χ3n) is 5.93. The quantitative estimate of drug-likeness (QED) is 0.623. The lowest BCUT2D eigenvalue weighted by atomic mass is 9.93. The summed E-state index contributed by atoms with van der Waals surface area (Å²) in [5.74, 6) is -0.602. The summed E-state index contributed by atoms with van der Waals surface area (Å²) in [4.78, 5) is 27.5. The number of carbonyl (C=O) groups is 2. The summed E-state index contributed by atoms with van der Waals surface area (Å²) in [5, 5.41) is 6.75. The number of nitrogens with zero attached hydrogens (tertiary/aromatic N) is 2. The third-order valence-corrected chi connectivity index (χ3v) is 5.93. The van der Waals surface area contributed by atoms with Gasteiger partial charge in [-0.3, -0.25) is 9.59 Å². The molecular weight excluding hydrogens is 409 g/mol. The topological polar surface area (TPSA) is 75.4 Å². The molecule has 1 saturated heterocycles. The molecule has 2 heterocycles. The predicted molar refractivity (Wildman–Crippen MR) is 118 cm³/mol. The lowest BCUT2D eigenvalue weighted by Gasteiger charge is -2.34. The van der Waals surface area contributed by atoms with Gasteiger partial charge in [-0.25, -0.2) is 4.39 Å². The molecule has 0 radical (unpaired) electrons. The van der Waals surface area contributed by atoms with Crippen molar-refractivity contribution in [1.82, 2.24) is 15.4 Å². The molecule has 32 heavy (non-hydrogen) atoms. The summed E-state index contributed by atoms with van der Waals surface area (Å²) < 4.78 is 19.1. The van der Waals surface area contributed by atoms with Crippen molar-refractivity contribution < 1.29 is 18.5 Å². The summed E-state index contributed by atoms with van der Waals surface area (Å²) >= 11 is 0. The lowest BCUT2D eigenvalue weighted by Crippen LogP contribution is -2.47. The second-order valence-corrected chi connectivity index (χ2v) is 8.00. The van der Waals surface area contributed by atoms with Crippen LogP contribution < -0.4 is 5.32 Å². The molecule has 7 heteroatoms. The zero-order chi connectivity index (χ0) is 22.5. The van der Waals surface area contributed by atoms with E-state index in [2.05, 4.69) is 10.5 Å². The highest BCUT2D eigenvalue weighted by Gasteiger charge is 2.29. The van der Waals surface area contributed by atoms with E-state index in [9.17, 15) is 14.0 Å². The van der Waals surface area contributed by atoms with Gasteiger partial charge in [-0.05, 0) is 37.0 Å². The van der Waals surface area contributed by atoms with Gasteiger partial charge < -0.3 is 14.7 Å². The zero-order valence-corrected chi connectivity index (χ0v) is 18.0. The summed E-state index contributed by atoms with van der Waals surface area (Å²) in [6.45, 7) is 3.20. The van der Waals surface area contributed by atoms with Crippen molar-refractivity contribution in [2.45, 2.75) is 38.1 Å². The van der Waals surface area contributed by atoms with E-state index in [1.165, 1.54) is 12.1 Å². The molecule has 6 nitrogen and oxygen atoms in total. The number of aromatic nitrogens is 1. The first-order chi connectivity index (χ1) is 15.6. The maximum atomic E-state index is 13.9. The number of nitrogens with one attached hydrogen (secondary N) is 1. The minimum Gasteiger partial charge on any atom is -0.355 e. The maximum Gasteiger partial charge on any atom is 0.273 e. The Morgan fingerprint density at radius 3 is 2.50 bits per heavy atom. The number of benzene rings is 2. The van der Waals surface area contributed by atoms with Crippen LogP contribution in [0.25, 0.3) is 11.3 Å². The Kier molecular flexibility index (Phi) is 6.63. The normalized spacial score (nSPS) is 15.4. The van der Waals surface area contributed by atoms with Gasteiger partial charge >= 0.3 is 0 Å². The molecule has 3 aromatic rings. The number of hydrogen-bond acceptors (Lipinski definition) is 4. The first kappa shape index (κ1) is 21.7. The van der Waals surface area contributed by atoms with Crippen molar-refractivity contribution in [3.8, 4) is 11.3 Å². The molecular formula is C25H26FN3O3. The number of halogens is 1. The number of hydrogen-bond donors (Lipinski definition) is 1. The molecule has 166 valence electrons. The Bertz CT molecular complexity index is 1070. The van der Waals surface area contributed by atoms with Gasteiger partial charge in [0.2, 0.25) is 5.91 Å². The van der Waals surface area contributed by atoms with Crippen LogP contribution in [0.4, 0.5) is 4.39 Å². The number of rotatable bonds is 6. The van der Waals surface area contributed by atoms with E-state index in [1.54, 1.807) is 18.2 Å². The first-order valence-electron chi connectivity index (χ1n) is 10.9. The number of likely N-dealkylation sites (tertiary alicyclic amines) is 1. The van der Waals surface area contributed by atoms with Crippen molar-refractivity contribution in [3.05, 3.63) is 77.7 Å². The van der Waals surface area contributed by atoms with Gasteiger partial charge in [0, 0.05) is 25.2 Å². The van der Waals surface area contributed by atoms with Gasteiger partial charge in [0.05, 0.1) is 11.5 Å². The van der Waals surface area contributed by atoms with Gasteiger partial charge in [-0.2, -0.15) is 0 Å². The molecule has 1 atom stereocenters. The van der Waals surface area contributed by atoms with Crippen LogP contribution in [0, 0.1) is 5.82 Å². The molecule has 4 rings (SSSR count). The number of piperidine rings is 1. The van der Waals surface area contributed by atoms with E-state index >= 15 is 0 Å². The van der Waals surface area contributed by atoms with Crippen LogP contribution in [-0.2, 0) is 4.79 Å². The largest absolute Gasteiger partial charge is 0.355 e. The molecule has 1 fully saturated rings. The molecule has 2 amide bonds. The second-order valence-electron chi connectivity index (χ2n) is 8.00. The Labute approximate surface area is 186 Å². The predicted octanol–water partition coefficient (Wildman–Crippen LogP) is 4.40. The summed E-state index contributed by atoms with van der Waals surface area (Å²) in [7, 11) is 0. The lowest BCUT2D eigenvalue weighted by molar-refractivity contribution is -0.134. The maximum absolute atomic E-state index is 13.9. The SMILES string of the molecule is CCC(C(=O)N1CCC(NC(=O)c2cc(-c3ccccc3F)on2)CC1)c1ccccc1. The molecule has 0 bridgehead atoms. The highest BCUT2D eigenvalue weighted by atomic mass is 19.1. The van der Waals surface area contributed by atoms with Crippen molar-refractivity contribution in [2.75, 3.05) is 13.1 Å². The first-order valence-corrected chi connectivity index (χ1v) is 10.9. The smallest absolute Gasteiger partial charge is 0.273 e. The van der Waals surface area contributed by atoms with E-state index in [0.717, 1.165) is 12.0 Å². The standard InChI is InChI=1S/C25H26FN3O3/c1-2-19(17-8-4-3-5-9-17)25(31)29-14-12-18(13-15-29)27-24(30)22-16-23(32-28-22)20-10-6-7-11-21(20)26/h3-11,16,18-19H,2,12-15H2,1H3,(H,27,30). The summed E-state index contributed by atoms with van der Waals surface area (Å²) in [5.41, 5.74) is 1.40. The fraction of sp³-hybridized carbons (Fsp3) is 0.320. The molecule has 1 N–H and O–H groups in total. The molecule has 0 aliphatic carbocycles. The second kappa shape index (κ2) is 9.77. The van der Waals surface area contributed by atoms with Crippen molar-refractivity contribution in [1.29, 1.82) is 0 Å². The van der Waals surface area contributed by atoms with Crippen LogP contribution in [0.2, 0.25) is 0 Å². The van der Waals surface area contributed by atoms with Gasteiger partial charge in [0.15, 0.2) is 11.5 Å². The monoisotopic (exact) mass is 435 g/mol. The highest BCUT2D eigenvalue weighted by Crippen LogP contribution is 2.25. The fourth-order valence-corrected chi connectivity index (χ4v) is 4.13. The molecule has 1 aliphatic rings. The zero-order valence-electron chi connectivity index (χ0n) is 18.0. The van der Waals surface area contributed by atoms with E-state index in [0.29, 0.717) is 25.9 Å². The van der Waals surface area contributed by atoms with Crippen molar-refractivity contribution >= 4 is 11.8 Å². The summed E-state index contributed by atoms with van der Waals surface area (Å²) in [6, 6.07) is 17.4. The van der Waals surface area contributed by atoms with E-state index in [-0.39, 0.29) is 40.8 Å². The van der Waals surface area contributed by atoms with Crippen LogP contribution >= 0.6 is 0 Å². The molecule has 1 aromatic heterocycles. The van der Waals surface area contributed by atoms with E-state index < -0.39 is 5.82 Å². The van der Waals surface area contributed by atoms with Gasteiger partial charge in [0.25, 0.3) is 5.91 Å². The molecule has 0 spiro atoms. The summed E-state index contributed by atoms with van der Waals surface area (Å²) in [6.07, 6.45) is 2.08. The van der Waals surface area contributed by atoms with Gasteiger partial charge in [-0.15, -0.1) is 0 Å². The van der Waals surface area contributed by atoms with Crippen molar-refractivity contribution in [2.24, 2.45) is 0 Å². The van der Waals surface area contributed by atoms with Crippen LogP contribution in [0.3, 0.4) is 0 Å². The minimum atomic E-state index is -0.437. The van der Waals surface area contributed by atoms with E-state index in [1.807, 2.05) is 42.2 Å². The van der Waals surface area contributed by atoms with Crippen LogP contribution in [-0.4, -0.2) is 41.0 Å². The van der Waals surface area contributed by atoms with Crippen LogP contribution in [0.15, 0.2) is 65.2 Å². The molecule has 2 aromatic carbocycles. The van der Waals surface area contributed by atoms with Gasteiger partial charge in [0.1, 0.15) is 5.82 Å². The van der Waals surface area contributed by atoms with Crippen LogP contribution in [0.5, 0.6) is 0 Å². The Morgan fingerprint density at radius 2 is 1.81 bits per heavy atom. The average molecular weight is 435 g/mol. The number of amides is 2. The highest BCUT2D eigenvalue weighted by molar-refractivity contribution is 5.93. The Balaban J connectivity index is 1.33. The average Bonchev–Trinajstić information content (AvgIpc) is 3.31. The van der Waals surface area contributed by atoms with Gasteiger partial charge in [-0.1, -0.05) is 54.5 Å². The fourth-order valence-electron chi connectivity index (χ4n) is 4.13. The minimum absolute atomic E-state index is 0.0584. The van der Waals surface area contributed by atoms with Crippen LogP contribution in [0.1, 0.15) is 48.2 Å². The molecule has 1 unspecified atom stereocenters. The Hall–Kier alpha value is -3.48. The molecule has 0 saturated carbocycles. The molecule has 1 aliphatic heterocycles. The number of carbonyl (C=O) groups excluding carboxylic acids is 2. The third kappa shape index (κ3) is 4.72. The van der Waals surface area contributed by atoms with Crippen molar-refractivity contribution in [3.63, 3.8) is 0 Å². The van der Waals surface area contributed by atoms with E-state index in [4.69, 9.17) is 4.52 Å². The Morgan fingerprint density at radius 1 is 1.12 bits per heavy atom.